The lowest BCUT2D eigenvalue weighted by atomic mass is 10.0. The van der Waals surface area contributed by atoms with Crippen LogP contribution in [0.15, 0.2) is 60.7 Å². The van der Waals surface area contributed by atoms with Crippen LogP contribution in [0, 0.1) is 0 Å². The van der Waals surface area contributed by atoms with Gasteiger partial charge in [0, 0.05) is 18.8 Å². The molecule has 28 heavy (non-hydrogen) atoms. The zero-order valence-corrected chi connectivity index (χ0v) is 17.5. The molecule has 0 amide bonds. The van der Waals surface area contributed by atoms with E-state index in [2.05, 4.69) is 42.7 Å². The zero-order chi connectivity index (χ0) is 20.2. The number of anilines is 1. The molecule has 2 aromatic rings. The van der Waals surface area contributed by atoms with Crippen LogP contribution in [0.2, 0.25) is 0 Å². The normalized spacial score (nSPS) is 12.0. The SMILES string of the molecule is CCCCOC(=O)C(c1ccccc1)N(CCN(CC)CC)c1ccccc1. The molecular formula is C24H34N2O2. The van der Waals surface area contributed by atoms with Gasteiger partial charge in [0.25, 0.3) is 0 Å². The van der Waals surface area contributed by atoms with Crippen LogP contribution >= 0.6 is 0 Å². The van der Waals surface area contributed by atoms with Gasteiger partial charge in [-0.2, -0.15) is 0 Å². The molecule has 0 aromatic heterocycles. The van der Waals surface area contributed by atoms with Crippen molar-refractivity contribution in [2.45, 2.75) is 39.7 Å². The van der Waals surface area contributed by atoms with E-state index in [9.17, 15) is 4.79 Å². The molecule has 152 valence electrons. The zero-order valence-electron chi connectivity index (χ0n) is 17.5. The first-order valence-corrected chi connectivity index (χ1v) is 10.5. The standard InChI is InChI=1S/C24H34N2O2/c1-4-7-20-28-24(27)23(21-14-10-8-11-15-21)26(19-18-25(5-2)6-3)22-16-12-9-13-17-22/h8-17,23H,4-7,18-20H2,1-3H3. The average molecular weight is 383 g/mol. The minimum absolute atomic E-state index is 0.178. The average Bonchev–Trinajstić information content (AvgIpc) is 2.75. The van der Waals surface area contributed by atoms with Crippen molar-refractivity contribution < 1.29 is 9.53 Å². The fourth-order valence-electron chi connectivity index (χ4n) is 3.29. The van der Waals surface area contributed by atoms with E-state index in [4.69, 9.17) is 4.74 Å². The highest BCUT2D eigenvalue weighted by atomic mass is 16.5. The van der Waals surface area contributed by atoms with Gasteiger partial charge in [-0.1, -0.05) is 75.7 Å². The Labute approximate surface area is 170 Å². The summed E-state index contributed by atoms with van der Waals surface area (Å²) in [4.78, 5) is 17.7. The molecule has 0 aliphatic heterocycles. The fourth-order valence-corrected chi connectivity index (χ4v) is 3.29. The van der Waals surface area contributed by atoms with Crippen molar-refractivity contribution in [3.63, 3.8) is 0 Å². The van der Waals surface area contributed by atoms with Gasteiger partial charge in [0.05, 0.1) is 6.61 Å². The lowest BCUT2D eigenvalue weighted by Gasteiger charge is -2.34. The van der Waals surface area contributed by atoms with Crippen LogP contribution in [-0.2, 0) is 9.53 Å². The Hall–Kier alpha value is -2.33. The number of nitrogens with zero attached hydrogens (tertiary/aromatic N) is 2. The smallest absolute Gasteiger partial charge is 0.333 e. The third kappa shape index (κ3) is 6.38. The van der Waals surface area contributed by atoms with E-state index in [1.807, 2.05) is 48.5 Å². The predicted molar refractivity (Wildman–Crippen MR) is 117 cm³/mol. The van der Waals surface area contributed by atoms with Crippen LogP contribution in [-0.4, -0.2) is 43.7 Å². The van der Waals surface area contributed by atoms with Gasteiger partial charge in [0.1, 0.15) is 0 Å². The summed E-state index contributed by atoms with van der Waals surface area (Å²) in [7, 11) is 0. The number of ether oxygens (including phenoxy) is 1. The number of likely N-dealkylation sites (N-methyl/N-ethyl adjacent to an activating group) is 1. The van der Waals surface area contributed by atoms with Crippen LogP contribution in [0.1, 0.15) is 45.2 Å². The van der Waals surface area contributed by atoms with Crippen molar-refractivity contribution in [3.05, 3.63) is 66.2 Å². The summed E-state index contributed by atoms with van der Waals surface area (Å²) >= 11 is 0. The van der Waals surface area contributed by atoms with E-state index in [-0.39, 0.29) is 5.97 Å². The Morgan fingerprint density at radius 1 is 0.893 bits per heavy atom. The largest absolute Gasteiger partial charge is 0.464 e. The highest BCUT2D eigenvalue weighted by Gasteiger charge is 2.29. The Balaban J connectivity index is 2.34. The molecule has 1 unspecified atom stereocenters. The number of hydrogen-bond donors (Lipinski definition) is 0. The maximum absolute atomic E-state index is 13.1. The lowest BCUT2D eigenvalue weighted by Crippen LogP contribution is -2.41. The molecule has 0 N–H and O–H groups in total. The molecule has 0 aliphatic rings. The number of carbonyl (C=O) groups is 1. The van der Waals surface area contributed by atoms with Crippen molar-refractivity contribution in [1.29, 1.82) is 0 Å². The van der Waals surface area contributed by atoms with E-state index in [1.54, 1.807) is 0 Å². The van der Waals surface area contributed by atoms with Gasteiger partial charge in [0.15, 0.2) is 6.04 Å². The molecule has 4 heteroatoms. The molecule has 2 rings (SSSR count). The van der Waals surface area contributed by atoms with Gasteiger partial charge >= 0.3 is 5.97 Å². The second kappa shape index (κ2) is 12.2. The Morgan fingerprint density at radius 3 is 2.07 bits per heavy atom. The Kier molecular flexibility index (Phi) is 9.56. The summed E-state index contributed by atoms with van der Waals surface area (Å²) in [5.41, 5.74) is 2.00. The monoisotopic (exact) mass is 382 g/mol. The third-order valence-corrected chi connectivity index (χ3v) is 5.03. The Bertz CT molecular complexity index is 672. The number of esters is 1. The first-order valence-electron chi connectivity index (χ1n) is 10.5. The second-order valence-electron chi connectivity index (χ2n) is 6.89. The van der Waals surface area contributed by atoms with Gasteiger partial charge in [-0.05, 0) is 37.2 Å². The molecule has 2 aromatic carbocycles. The molecule has 0 spiro atoms. The fraction of sp³-hybridized carbons (Fsp3) is 0.458. The summed E-state index contributed by atoms with van der Waals surface area (Å²) < 4.78 is 5.67. The van der Waals surface area contributed by atoms with Gasteiger partial charge in [-0.15, -0.1) is 0 Å². The van der Waals surface area contributed by atoms with Crippen LogP contribution in [0.3, 0.4) is 0 Å². The highest BCUT2D eigenvalue weighted by Crippen LogP contribution is 2.28. The maximum Gasteiger partial charge on any atom is 0.333 e. The summed E-state index contributed by atoms with van der Waals surface area (Å²) in [5.74, 6) is -0.178. The van der Waals surface area contributed by atoms with Crippen molar-refractivity contribution in [1.82, 2.24) is 4.90 Å². The van der Waals surface area contributed by atoms with Gasteiger partial charge in [0.2, 0.25) is 0 Å². The van der Waals surface area contributed by atoms with E-state index >= 15 is 0 Å². The van der Waals surface area contributed by atoms with E-state index in [1.165, 1.54) is 0 Å². The van der Waals surface area contributed by atoms with Crippen LogP contribution < -0.4 is 4.90 Å². The van der Waals surface area contributed by atoms with Crippen LogP contribution in [0.5, 0.6) is 0 Å². The van der Waals surface area contributed by atoms with Crippen molar-refractivity contribution >= 4 is 11.7 Å². The van der Waals surface area contributed by atoms with Crippen molar-refractivity contribution in [2.24, 2.45) is 0 Å². The number of para-hydroxylation sites is 1. The highest BCUT2D eigenvalue weighted by molar-refractivity contribution is 5.82. The van der Waals surface area contributed by atoms with Crippen molar-refractivity contribution in [2.75, 3.05) is 37.7 Å². The van der Waals surface area contributed by atoms with E-state index in [0.717, 1.165) is 50.3 Å². The van der Waals surface area contributed by atoms with Crippen molar-refractivity contribution in [3.8, 4) is 0 Å². The van der Waals surface area contributed by atoms with Gasteiger partial charge in [-0.3, -0.25) is 0 Å². The summed E-state index contributed by atoms with van der Waals surface area (Å²) in [6.07, 6.45) is 1.89. The molecule has 0 saturated heterocycles. The molecule has 4 nitrogen and oxygen atoms in total. The molecule has 0 radical (unpaired) electrons. The molecule has 0 bridgehead atoms. The number of rotatable bonds is 12. The quantitative estimate of drug-likeness (QED) is 0.385. The van der Waals surface area contributed by atoms with E-state index < -0.39 is 6.04 Å². The molecule has 0 fully saturated rings. The molecular weight excluding hydrogens is 348 g/mol. The number of hydrogen-bond acceptors (Lipinski definition) is 4. The minimum Gasteiger partial charge on any atom is -0.464 e. The number of carbonyl (C=O) groups excluding carboxylic acids is 1. The second-order valence-corrected chi connectivity index (χ2v) is 6.89. The number of benzene rings is 2. The Morgan fingerprint density at radius 2 is 1.50 bits per heavy atom. The third-order valence-electron chi connectivity index (χ3n) is 5.03. The summed E-state index contributed by atoms with van der Waals surface area (Å²) in [6.45, 7) is 10.6. The van der Waals surface area contributed by atoms with Crippen LogP contribution in [0.4, 0.5) is 5.69 Å². The predicted octanol–water partition coefficient (Wildman–Crippen LogP) is 4.92. The molecule has 0 aliphatic carbocycles. The van der Waals surface area contributed by atoms with Crippen LogP contribution in [0.25, 0.3) is 0 Å². The lowest BCUT2D eigenvalue weighted by molar-refractivity contribution is -0.145. The van der Waals surface area contributed by atoms with Gasteiger partial charge in [-0.25, -0.2) is 4.79 Å². The molecule has 0 saturated carbocycles. The first kappa shape index (κ1) is 22.0. The van der Waals surface area contributed by atoms with Gasteiger partial charge < -0.3 is 14.5 Å². The first-order chi connectivity index (χ1) is 13.7. The maximum atomic E-state index is 13.1. The molecule has 0 heterocycles. The number of unbranched alkanes of at least 4 members (excludes halogenated alkanes) is 1. The molecule has 1 atom stereocenters. The summed E-state index contributed by atoms with van der Waals surface area (Å²) in [5, 5.41) is 0. The minimum atomic E-state index is -0.448. The van der Waals surface area contributed by atoms with E-state index in [0.29, 0.717) is 6.61 Å². The topological polar surface area (TPSA) is 32.8 Å². The summed E-state index contributed by atoms with van der Waals surface area (Å²) in [6, 6.07) is 19.7.